The number of H-pyrrole nitrogens is 1. The van der Waals surface area contributed by atoms with Crippen LogP contribution in [0.1, 0.15) is 40.9 Å². The zero-order valence-corrected chi connectivity index (χ0v) is 10.6. The summed E-state index contributed by atoms with van der Waals surface area (Å²) >= 11 is 0. The Hall–Kier alpha value is -2.01. The summed E-state index contributed by atoms with van der Waals surface area (Å²) in [4.78, 5) is 17.5. The molecule has 3 N–H and O–H groups in total. The van der Waals surface area contributed by atoms with Gasteiger partial charge in [-0.1, -0.05) is 0 Å². The number of hydrogen-bond acceptors (Lipinski definition) is 3. The van der Waals surface area contributed by atoms with Crippen molar-refractivity contribution in [2.45, 2.75) is 25.4 Å². The van der Waals surface area contributed by atoms with Crippen molar-refractivity contribution in [3.05, 3.63) is 47.7 Å². The van der Waals surface area contributed by atoms with Crippen LogP contribution in [-0.4, -0.2) is 22.3 Å². The minimum Gasteiger partial charge on any atom is -0.455 e. The first-order chi connectivity index (χ1) is 9.29. The lowest BCUT2D eigenvalue weighted by Gasteiger charge is -2.22. The van der Waals surface area contributed by atoms with Gasteiger partial charge in [0, 0.05) is 18.4 Å². The van der Waals surface area contributed by atoms with Crippen LogP contribution in [-0.2, 0) is 6.54 Å². The number of hydrogen-bond donors (Lipinski definition) is 2. The lowest BCUT2D eigenvalue weighted by Crippen LogP contribution is -2.30. The highest BCUT2D eigenvalue weighted by atomic mass is 16.4. The molecule has 1 fully saturated rings. The average molecular weight is 259 g/mol. The fourth-order valence-electron chi connectivity index (χ4n) is 2.63. The number of likely N-dealkylation sites (tertiary alicyclic amines) is 1. The Balaban J connectivity index is 1.82. The van der Waals surface area contributed by atoms with Gasteiger partial charge in [-0.25, -0.2) is 0 Å². The van der Waals surface area contributed by atoms with Crippen molar-refractivity contribution in [1.29, 1.82) is 0 Å². The van der Waals surface area contributed by atoms with Crippen LogP contribution in [0.3, 0.4) is 0 Å². The zero-order valence-electron chi connectivity index (χ0n) is 10.6. The van der Waals surface area contributed by atoms with Gasteiger partial charge >= 0.3 is 0 Å². The van der Waals surface area contributed by atoms with Crippen molar-refractivity contribution in [2.24, 2.45) is 5.73 Å². The third-order valence-corrected chi connectivity index (χ3v) is 3.57. The summed E-state index contributed by atoms with van der Waals surface area (Å²) in [5, 5.41) is 0. The van der Waals surface area contributed by atoms with E-state index in [9.17, 15) is 4.79 Å². The van der Waals surface area contributed by atoms with Gasteiger partial charge in [-0.05, 0) is 37.1 Å². The zero-order chi connectivity index (χ0) is 13.2. The Morgan fingerprint density at radius 1 is 1.47 bits per heavy atom. The summed E-state index contributed by atoms with van der Waals surface area (Å²) in [6.07, 6.45) is 3.88. The summed E-state index contributed by atoms with van der Waals surface area (Å²) in [7, 11) is 0. The molecule has 0 spiro atoms. The van der Waals surface area contributed by atoms with E-state index >= 15 is 0 Å². The minimum atomic E-state index is -0.0585. The van der Waals surface area contributed by atoms with E-state index in [1.807, 2.05) is 23.2 Å². The number of carbonyl (C=O) groups is 1. The highest BCUT2D eigenvalue weighted by molar-refractivity contribution is 5.92. The average Bonchev–Trinajstić information content (AvgIpc) is 3.16. The van der Waals surface area contributed by atoms with Crippen LogP contribution >= 0.6 is 0 Å². The SMILES string of the molecule is NCc1ccc(C(=O)N2CCCC2c2ccc[nH]2)o1. The molecule has 0 aliphatic carbocycles. The molecule has 0 radical (unpaired) electrons. The second kappa shape index (κ2) is 4.93. The van der Waals surface area contributed by atoms with Crippen molar-refractivity contribution >= 4 is 5.91 Å². The number of nitrogens with two attached hydrogens (primary N) is 1. The molecule has 100 valence electrons. The van der Waals surface area contributed by atoms with E-state index in [4.69, 9.17) is 10.2 Å². The van der Waals surface area contributed by atoms with Crippen LogP contribution < -0.4 is 5.73 Å². The van der Waals surface area contributed by atoms with Crippen LogP contribution in [0.2, 0.25) is 0 Å². The number of furan rings is 1. The molecule has 0 saturated carbocycles. The van der Waals surface area contributed by atoms with Crippen molar-refractivity contribution in [3.8, 4) is 0 Å². The molecule has 1 aliphatic rings. The third-order valence-electron chi connectivity index (χ3n) is 3.57. The number of amides is 1. The maximum atomic E-state index is 12.5. The summed E-state index contributed by atoms with van der Waals surface area (Å²) in [5.74, 6) is 0.953. The fourth-order valence-corrected chi connectivity index (χ4v) is 2.63. The minimum absolute atomic E-state index is 0.0585. The third kappa shape index (κ3) is 2.17. The Bertz CT molecular complexity index is 559. The van der Waals surface area contributed by atoms with Gasteiger partial charge < -0.3 is 20.0 Å². The first kappa shape index (κ1) is 12.0. The largest absolute Gasteiger partial charge is 0.455 e. The highest BCUT2D eigenvalue weighted by Crippen LogP contribution is 2.32. The van der Waals surface area contributed by atoms with Gasteiger partial charge in [0.2, 0.25) is 0 Å². The fraction of sp³-hybridized carbons (Fsp3) is 0.357. The molecule has 2 aromatic rings. The van der Waals surface area contributed by atoms with Crippen molar-refractivity contribution in [1.82, 2.24) is 9.88 Å². The monoisotopic (exact) mass is 259 g/mol. The Kier molecular flexibility index (Phi) is 3.13. The number of carbonyl (C=O) groups excluding carboxylic acids is 1. The topological polar surface area (TPSA) is 75.3 Å². The van der Waals surface area contributed by atoms with Crippen LogP contribution in [0.5, 0.6) is 0 Å². The molecule has 5 nitrogen and oxygen atoms in total. The van der Waals surface area contributed by atoms with Gasteiger partial charge in [-0.15, -0.1) is 0 Å². The van der Waals surface area contributed by atoms with E-state index in [2.05, 4.69) is 4.98 Å². The lowest BCUT2D eigenvalue weighted by molar-refractivity contribution is 0.0699. The normalized spacial score (nSPS) is 19.0. The second-order valence-electron chi connectivity index (χ2n) is 4.75. The molecule has 1 saturated heterocycles. The number of aromatic amines is 1. The number of rotatable bonds is 3. The second-order valence-corrected chi connectivity index (χ2v) is 4.75. The van der Waals surface area contributed by atoms with E-state index < -0.39 is 0 Å². The quantitative estimate of drug-likeness (QED) is 0.885. The molecular weight excluding hydrogens is 242 g/mol. The number of aromatic nitrogens is 1. The van der Waals surface area contributed by atoms with Gasteiger partial charge in [0.15, 0.2) is 5.76 Å². The summed E-state index contributed by atoms with van der Waals surface area (Å²) in [5.41, 5.74) is 6.58. The van der Waals surface area contributed by atoms with Crippen LogP contribution in [0.4, 0.5) is 0 Å². The van der Waals surface area contributed by atoms with Crippen molar-refractivity contribution in [2.75, 3.05) is 6.54 Å². The van der Waals surface area contributed by atoms with Gasteiger partial charge in [-0.3, -0.25) is 4.79 Å². The van der Waals surface area contributed by atoms with Gasteiger partial charge in [0.05, 0.1) is 12.6 Å². The first-order valence-electron chi connectivity index (χ1n) is 6.52. The molecule has 3 rings (SSSR count). The molecule has 3 heterocycles. The Morgan fingerprint density at radius 3 is 3.05 bits per heavy atom. The molecule has 1 unspecified atom stereocenters. The predicted octanol–water partition coefficient (Wildman–Crippen LogP) is 2.04. The van der Waals surface area contributed by atoms with E-state index in [1.165, 1.54) is 0 Å². The molecule has 0 bridgehead atoms. The lowest BCUT2D eigenvalue weighted by atomic mass is 10.1. The van der Waals surface area contributed by atoms with E-state index in [0.29, 0.717) is 18.1 Å². The predicted molar refractivity (Wildman–Crippen MR) is 70.4 cm³/mol. The van der Waals surface area contributed by atoms with E-state index in [1.54, 1.807) is 12.1 Å². The first-order valence-corrected chi connectivity index (χ1v) is 6.52. The summed E-state index contributed by atoms with van der Waals surface area (Å²) < 4.78 is 5.45. The maximum Gasteiger partial charge on any atom is 0.290 e. The molecule has 19 heavy (non-hydrogen) atoms. The van der Waals surface area contributed by atoms with Crippen LogP contribution in [0.15, 0.2) is 34.9 Å². The maximum absolute atomic E-state index is 12.5. The van der Waals surface area contributed by atoms with Crippen molar-refractivity contribution < 1.29 is 9.21 Å². The van der Waals surface area contributed by atoms with Crippen LogP contribution in [0.25, 0.3) is 0 Å². The summed E-state index contributed by atoms with van der Waals surface area (Å²) in [6.45, 7) is 1.08. The van der Waals surface area contributed by atoms with Crippen molar-refractivity contribution in [3.63, 3.8) is 0 Å². The highest BCUT2D eigenvalue weighted by Gasteiger charge is 2.32. The number of nitrogens with one attached hydrogen (secondary N) is 1. The number of nitrogens with zero attached hydrogens (tertiary/aromatic N) is 1. The molecule has 2 aromatic heterocycles. The molecule has 1 atom stereocenters. The van der Waals surface area contributed by atoms with E-state index in [0.717, 1.165) is 25.1 Å². The molecule has 1 aliphatic heterocycles. The molecule has 0 aromatic carbocycles. The molecule has 1 amide bonds. The Labute approximate surface area is 111 Å². The molecule has 5 heteroatoms. The van der Waals surface area contributed by atoms with Gasteiger partial charge in [-0.2, -0.15) is 0 Å². The van der Waals surface area contributed by atoms with Crippen LogP contribution in [0, 0.1) is 0 Å². The Morgan fingerprint density at radius 2 is 2.37 bits per heavy atom. The van der Waals surface area contributed by atoms with Gasteiger partial charge in [0.1, 0.15) is 5.76 Å². The smallest absolute Gasteiger partial charge is 0.290 e. The van der Waals surface area contributed by atoms with Gasteiger partial charge in [0.25, 0.3) is 5.91 Å². The standard InChI is InChI=1S/C14H17N3O2/c15-9-10-5-6-13(19-10)14(18)17-8-2-4-12(17)11-3-1-7-16-11/h1,3,5-7,12,16H,2,4,8-9,15H2. The summed E-state index contributed by atoms with van der Waals surface area (Å²) in [6, 6.07) is 7.55. The van der Waals surface area contributed by atoms with E-state index in [-0.39, 0.29) is 11.9 Å². The molecular formula is C14H17N3O2.